The van der Waals surface area contributed by atoms with Crippen molar-refractivity contribution in [2.45, 2.75) is 26.8 Å². The summed E-state index contributed by atoms with van der Waals surface area (Å²) < 4.78 is 22.7. The lowest BCUT2D eigenvalue weighted by molar-refractivity contribution is 0.254. The van der Waals surface area contributed by atoms with E-state index in [1.54, 1.807) is 19.1 Å². The van der Waals surface area contributed by atoms with Crippen LogP contribution in [0.3, 0.4) is 0 Å². The van der Waals surface area contributed by atoms with E-state index in [-0.39, 0.29) is 11.8 Å². The molecule has 0 saturated heterocycles. The lowest BCUT2D eigenvalue weighted by Gasteiger charge is -2.18. The third-order valence-corrected chi connectivity index (χ3v) is 5.59. The minimum Gasteiger partial charge on any atom is -0.436 e. The van der Waals surface area contributed by atoms with Crippen LogP contribution in [-0.2, 0) is 13.0 Å². The van der Waals surface area contributed by atoms with Crippen LogP contribution in [0, 0.1) is 19.7 Å². The molecule has 8 heteroatoms. The zero-order valence-electron chi connectivity index (χ0n) is 17.8. The third-order valence-electron chi connectivity index (χ3n) is 5.59. The monoisotopic (exact) mass is 431 g/mol. The number of fused-ring (bicyclic) bond motifs is 2. The van der Waals surface area contributed by atoms with Crippen LogP contribution in [0.5, 0.6) is 11.6 Å². The molecular formula is C24H22FN5O2. The van der Waals surface area contributed by atoms with E-state index in [1.807, 2.05) is 31.2 Å². The molecule has 0 atom stereocenters. The molecule has 0 radical (unpaired) electrons. The van der Waals surface area contributed by atoms with E-state index in [2.05, 4.69) is 20.6 Å². The summed E-state index contributed by atoms with van der Waals surface area (Å²) in [6, 6.07) is 12.0. The highest BCUT2D eigenvalue weighted by Crippen LogP contribution is 2.33. The zero-order chi connectivity index (χ0) is 22.2. The van der Waals surface area contributed by atoms with Gasteiger partial charge in [0.15, 0.2) is 11.6 Å². The molecule has 7 nitrogen and oxygen atoms in total. The topological polar surface area (TPSA) is 81.1 Å². The van der Waals surface area contributed by atoms with E-state index in [9.17, 15) is 4.79 Å². The first-order chi connectivity index (χ1) is 15.5. The number of ether oxygens (including phenoxy) is 1. The maximum absolute atomic E-state index is 15.4. The molecule has 2 aromatic carbocycles. The van der Waals surface area contributed by atoms with Crippen molar-refractivity contribution >= 4 is 22.6 Å². The maximum Gasteiger partial charge on any atom is 0.330 e. The summed E-state index contributed by atoms with van der Waals surface area (Å²) in [6.07, 6.45) is 2.14. The molecule has 2 aromatic heterocycles. The largest absolute Gasteiger partial charge is 0.436 e. The predicted octanol–water partition coefficient (Wildman–Crippen LogP) is 4.71. The molecule has 0 saturated carbocycles. The number of benzene rings is 2. The molecule has 5 rings (SSSR count). The van der Waals surface area contributed by atoms with Gasteiger partial charge in [0.25, 0.3) is 0 Å². The Kier molecular flexibility index (Phi) is 5.07. The molecule has 0 unspecified atom stereocenters. The number of hydrogen-bond donors (Lipinski definition) is 2. The predicted molar refractivity (Wildman–Crippen MR) is 120 cm³/mol. The van der Waals surface area contributed by atoms with Crippen molar-refractivity contribution in [3.8, 4) is 11.6 Å². The second kappa shape index (κ2) is 8.05. The Balaban J connectivity index is 1.49. The molecule has 1 aliphatic rings. The number of carbonyl (C=O) groups excluding carboxylic acids is 1. The van der Waals surface area contributed by atoms with Gasteiger partial charge in [-0.05, 0) is 62.7 Å². The van der Waals surface area contributed by atoms with Gasteiger partial charge < -0.3 is 15.4 Å². The van der Waals surface area contributed by atoms with E-state index in [4.69, 9.17) is 4.74 Å². The zero-order valence-corrected chi connectivity index (χ0v) is 17.8. The average Bonchev–Trinajstić information content (AvgIpc) is 3.13. The van der Waals surface area contributed by atoms with E-state index in [0.717, 1.165) is 23.4 Å². The number of rotatable bonds is 3. The van der Waals surface area contributed by atoms with Crippen LogP contribution in [0.1, 0.15) is 22.5 Å². The molecule has 0 aliphatic carbocycles. The Morgan fingerprint density at radius 1 is 1.19 bits per heavy atom. The summed E-state index contributed by atoms with van der Waals surface area (Å²) in [7, 11) is 0. The molecule has 162 valence electrons. The van der Waals surface area contributed by atoms with Crippen molar-refractivity contribution in [2.75, 3.05) is 11.9 Å². The van der Waals surface area contributed by atoms with Gasteiger partial charge >= 0.3 is 6.03 Å². The van der Waals surface area contributed by atoms with Gasteiger partial charge in [-0.2, -0.15) is 0 Å². The van der Waals surface area contributed by atoms with Gasteiger partial charge in [-0.15, -0.1) is 0 Å². The summed E-state index contributed by atoms with van der Waals surface area (Å²) in [6.45, 7) is 5.14. The number of carbonyl (C=O) groups is 1. The van der Waals surface area contributed by atoms with Gasteiger partial charge in [0.05, 0.1) is 11.2 Å². The number of halogens is 1. The molecule has 1 aliphatic heterocycles. The maximum atomic E-state index is 15.4. The summed E-state index contributed by atoms with van der Waals surface area (Å²) in [5, 5.41) is 6.43. The van der Waals surface area contributed by atoms with Crippen LogP contribution in [0.25, 0.3) is 10.9 Å². The molecular weight excluding hydrogens is 409 g/mol. The highest BCUT2D eigenvalue weighted by atomic mass is 19.1. The number of aromatic nitrogens is 3. The summed E-state index contributed by atoms with van der Waals surface area (Å²) >= 11 is 0. The molecule has 0 bridgehead atoms. The van der Waals surface area contributed by atoms with Crippen molar-refractivity contribution in [1.82, 2.24) is 19.9 Å². The Morgan fingerprint density at radius 2 is 2.06 bits per heavy atom. The van der Waals surface area contributed by atoms with Crippen molar-refractivity contribution < 1.29 is 13.9 Å². The van der Waals surface area contributed by atoms with Crippen LogP contribution in [-0.4, -0.2) is 27.1 Å². The molecule has 0 fully saturated rings. The first kappa shape index (κ1) is 20.1. The van der Waals surface area contributed by atoms with Crippen molar-refractivity contribution in [2.24, 2.45) is 0 Å². The molecule has 2 N–H and O–H groups in total. The SMILES string of the molecule is Cc1cccc(NC(=O)n2c(C)cc3c(F)c(Oc4ncnc5c4CCNC5)ccc32)c1. The molecule has 0 spiro atoms. The third kappa shape index (κ3) is 3.58. The van der Waals surface area contributed by atoms with Crippen LogP contribution < -0.4 is 15.4 Å². The lowest BCUT2D eigenvalue weighted by Crippen LogP contribution is -2.25. The highest BCUT2D eigenvalue weighted by Gasteiger charge is 2.21. The van der Waals surface area contributed by atoms with E-state index >= 15 is 4.39 Å². The number of nitrogens with one attached hydrogen (secondary N) is 2. The summed E-state index contributed by atoms with van der Waals surface area (Å²) in [5.41, 5.74) is 4.54. The van der Waals surface area contributed by atoms with Gasteiger partial charge in [0.2, 0.25) is 5.88 Å². The fourth-order valence-corrected chi connectivity index (χ4v) is 4.06. The van der Waals surface area contributed by atoms with Crippen LogP contribution in [0.2, 0.25) is 0 Å². The summed E-state index contributed by atoms with van der Waals surface area (Å²) in [5.74, 6) is -0.106. The average molecular weight is 431 g/mol. The number of amides is 1. The van der Waals surface area contributed by atoms with Gasteiger partial charge in [0.1, 0.15) is 6.33 Å². The molecule has 32 heavy (non-hydrogen) atoms. The van der Waals surface area contributed by atoms with Crippen LogP contribution in [0.4, 0.5) is 14.9 Å². The number of aryl methyl sites for hydroxylation is 2. The van der Waals surface area contributed by atoms with E-state index in [1.165, 1.54) is 17.0 Å². The number of hydrogen-bond acceptors (Lipinski definition) is 5. The first-order valence-corrected chi connectivity index (χ1v) is 10.4. The second-order valence-electron chi connectivity index (χ2n) is 7.86. The fourth-order valence-electron chi connectivity index (χ4n) is 4.06. The fraction of sp³-hybridized carbons (Fsp3) is 0.208. The van der Waals surface area contributed by atoms with Crippen LogP contribution >= 0.6 is 0 Å². The van der Waals surface area contributed by atoms with Crippen molar-refractivity contribution in [3.05, 3.63) is 77.1 Å². The Hall–Kier alpha value is -3.78. The smallest absolute Gasteiger partial charge is 0.330 e. The number of nitrogens with zero attached hydrogens (tertiary/aromatic N) is 3. The van der Waals surface area contributed by atoms with Crippen molar-refractivity contribution in [1.29, 1.82) is 0 Å². The lowest BCUT2D eigenvalue weighted by atomic mass is 10.1. The normalized spacial score (nSPS) is 13.1. The van der Waals surface area contributed by atoms with Crippen LogP contribution in [0.15, 0.2) is 48.8 Å². The molecule has 1 amide bonds. The van der Waals surface area contributed by atoms with Gasteiger partial charge in [-0.3, -0.25) is 4.57 Å². The number of anilines is 1. The quantitative estimate of drug-likeness (QED) is 0.491. The summed E-state index contributed by atoms with van der Waals surface area (Å²) in [4.78, 5) is 21.4. The minimum atomic E-state index is -0.533. The Bertz CT molecular complexity index is 1350. The Labute approximate surface area is 184 Å². The standard InChI is InChI=1S/C24H22FN5O2/c1-14-4-3-5-16(10-14)29-24(31)30-15(2)11-18-20(30)6-7-21(22(18)25)32-23-17-8-9-26-12-19(17)27-13-28-23/h3-7,10-11,13,26H,8-9,12H2,1-2H3,(H,29,31). The van der Waals surface area contributed by atoms with E-state index in [0.29, 0.717) is 41.1 Å². The van der Waals surface area contributed by atoms with Gasteiger partial charge in [-0.25, -0.2) is 19.2 Å². The van der Waals surface area contributed by atoms with Crippen molar-refractivity contribution in [3.63, 3.8) is 0 Å². The second-order valence-corrected chi connectivity index (χ2v) is 7.86. The van der Waals surface area contributed by atoms with E-state index < -0.39 is 5.82 Å². The van der Waals surface area contributed by atoms with Gasteiger partial charge in [-0.1, -0.05) is 12.1 Å². The highest BCUT2D eigenvalue weighted by molar-refractivity contribution is 6.00. The molecule has 4 aromatic rings. The van der Waals surface area contributed by atoms with Gasteiger partial charge in [0, 0.05) is 28.9 Å². The molecule has 3 heterocycles. The Morgan fingerprint density at radius 3 is 2.91 bits per heavy atom. The first-order valence-electron chi connectivity index (χ1n) is 10.4. The minimum absolute atomic E-state index is 0.0631.